The summed E-state index contributed by atoms with van der Waals surface area (Å²) >= 11 is 5.95. The van der Waals surface area contributed by atoms with Gasteiger partial charge in [-0.3, -0.25) is 0 Å². The fraction of sp³-hybridized carbons (Fsp3) is 0.182. The van der Waals surface area contributed by atoms with Gasteiger partial charge < -0.3 is 26.3 Å². The molecule has 0 saturated heterocycles. The van der Waals surface area contributed by atoms with Gasteiger partial charge >= 0.3 is 18.3 Å². The Bertz CT molecular complexity index is 523. The Hall–Kier alpha value is -2.48. The SMILES string of the molecule is NC(=O)OC(=O)NC[C@@H](OC(N)=O)c1ccccc1Cl. The minimum Gasteiger partial charge on any atom is -0.440 e. The maximum Gasteiger partial charge on any atom is 0.416 e. The van der Waals surface area contributed by atoms with Gasteiger partial charge in [0.15, 0.2) is 0 Å². The number of carbonyl (C=O) groups is 3. The second-order valence-corrected chi connectivity index (χ2v) is 3.94. The summed E-state index contributed by atoms with van der Waals surface area (Å²) in [5, 5.41) is 2.51. The molecular weight excluding hydrogens is 290 g/mol. The lowest BCUT2D eigenvalue weighted by molar-refractivity contribution is 0.102. The third kappa shape index (κ3) is 5.02. The molecule has 0 fully saturated rings. The van der Waals surface area contributed by atoms with Crippen molar-refractivity contribution in [3.05, 3.63) is 34.9 Å². The number of hydrogen-bond acceptors (Lipinski definition) is 5. The molecule has 0 aliphatic rings. The number of hydrogen-bond donors (Lipinski definition) is 3. The summed E-state index contributed by atoms with van der Waals surface area (Å²) in [5.41, 5.74) is 10.1. The normalized spacial score (nSPS) is 11.2. The molecule has 5 N–H and O–H groups in total. The van der Waals surface area contributed by atoms with Crippen LogP contribution in [0.5, 0.6) is 0 Å². The minimum absolute atomic E-state index is 0.196. The van der Waals surface area contributed by atoms with Gasteiger partial charge in [-0.25, -0.2) is 14.4 Å². The van der Waals surface area contributed by atoms with Crippen LogP contribution in [0.1, 0.15) is 11.7 Å². The van der Waals surface area contributed by atoms with E-state index in [1.807, 2.05) is 0 Å². The molecule has 1 rings (SSSR count). The summed E-state index contributed by atoms with van der Waals surface area (Å²) < 4.78 is 8.90. The Morgan fingerprint density at radius 2 is 1.85 bits per heavy atom. The molecule has 1 atom stereocenters. The van der Waals surface area contributed by atoms with Gasteiger partial charge in [0, 0.05) is 10.6 Å². The van der Waals surface area contributed by atoms with Gasteiger partial charge in [-0.15, -0.1) is 0 Å². The molecule has 108 valence electrons. The molecule has 8 nitrogen and oxygen atoms in total. The van der Waals surface area contributed by atoms with Crippen molar-refractivity contribution in [3.8, 4) is 0 Å². The molecule has 20 heavy (non-hydrogen) atoms. The number of rotatable bonds is 4. The lowest BCUT2D eigenvalue weighted by Gasteiger charge is -2.18. The van der Waals surface area contributed by atoms with E-state index in [2.05, 4.69) is 15.8 Å². The molecule has 0 aliphatic carbocycles. The molecule has 0 aromatic heterocycles. The van der Waals surface area contributed by atoms with E-state index in [4.69, 9.17) is 22.1 Å². The van der Waals surface area contributed by atoms with Gasteiger partial charge in [0.25, 0.3) is 0 Å². The first-order valence-corrected chi connectivity index (χ1v) is 5.73. The van der Waals surface area contributed by atoms with Crippen molar-refractivity contribution in [3.63, 3.8) is 0 Å². The number of alkyl carbamates (subject to hydrolysis) is 1. The highest BCUT2D eigenvalue weighted by atomic mass is 35.5. The number of benzene rings is 1. The van der Waals surface area contributed by atoms with Gasteiger partial charge in [0.05, 0.1) is 6.54 Å². The van der Waals surface area contributed by atoms with Crippen LogP contribution < -0.4 is 16.8 Å². The van der Waals surface area contributed by atoms with Gasteiger partial charge in [0.1, 0.15) is 6.10 Å². The third-order valence-corrected chi connectivity index (χ3v) is 2.48. The zero-order valence-corrected chi connectivity index (χ0v) is 10.9. The number of halogens is 1. The first-order valence-electron chi connectivity index (χ1n) is 5.35. The van der Waals surface area contributed by atoms with Crippen LogP contribution in [0.4, 0.5) is 14.4 Å². The zero-order chi connectivity index (χ0) is 15.1. The van der Waals surface area contributed by atoms with Crippen LogP contribution in [0.2, 0.25) is 5.02 Å². The maximum atomic E-state index is 11.1. The first-order chi connectivity index (χ1) is 9.40. The van der Waals surface area contributed by atoms with Gasteiger partial charge in [-0.2, -0.15) is 0 Å². The number of primary amides is 2. The van der Waals surface area contributed by atoms with E-state index in [9.17, 15) is 14.4 Å². The topological polar surface area (TPSA) is 134 Å². The van der Waals surface area contributed by atoms with E-state index < -0.39 is 24.4 Å². The molecule has 0 heterocycles. The monoisotopic (exact) mass is 301 g/mol. The van der Waals surface area contributed by atoms with Crippen LogP contribution in [0.25, 0.3) is 0 Å². The third-order valence-electron chi connectivity index (χ3n) is 2.14. The fourth-order valence-electron chi connectivity index (χ4n) is 1.40. The Morgan fingerprint density at radius 3 is 2.40 bits per heavy atom. The van der Waals surface area contributed by atoms with Crippen molar-refractivity contribution in [1.82, 2.24) is 5.32 Å². The lowest BCUT2D eigenvalue weighted by Crippen LogP contribution is -2.34. The number of nitrogens with one attached hydrogen (secondary N) is 1. The van der Waals surface area contributed by atoms with Gasteiger partial charge in [-0.1, -0.05) is 29.8 Å². The van der Waals surface area contributed by atoms with Crippen LogP contribution >= 0.6 is 11.6 Å². The largest absolute Gasteiger partial charge is 0.440 e. The Labute approximate surface area is 119 Å². The summed E-state index contributed by atoms with van der Waals surface area (Å²) in [7, 11) is 0. The van der Waals surface area contributed by atoms with Crippen molar-refractivity contribution in [2.24, 2.45) is 11.5 Å². The van der Waals surface area contributed by atoms with Crippen LogP contribution in [0, 0.1) is 0 Å². The quantitative estimate of drug-likeness (QED) is 0.720. The molecule has 0 unspecified atom stereocenters. The van der Waals surface area contributed by atoms with E-state index in [0.29, 0.717) is 10.6 Å². The average Bonchev–Trinajstić information content (AvgIpc) is 2.34. The van der Waals surface area contributed by atoms with E-state index in [-0.39, 0.29) is 6.54 Å². The summed E-state index contributed by atoms with van der Waals surface area (Å²) in [6, 6.07) is 6.52. The van der Waals surface area contributed by atoms with Gasteiger partial charge in [-0.05, 0) is 6.07 Å². The Morgan fingerprint density at radius 1 is 1.20 bits per heavy atom. The minimum atomic E-state index is -1.26. The van der Waals surface area contributed by atoms with Crippen molar-refractivity contribution >= 4 is 29.9 Å². The molecule has 9 heteroatoms. The summed E-state index contributed by atoms with van der Waals surface area (Å²) in [4.78, 5) is 32.3. The molecule has 0 aliphatic heterocycles. The smallest absolute Gasteiger partial charge is 0.416 e. The summed E-state index contributed by atoms with van der Waals surface area (Å²) in [6.07, 6.45) is -4.31. The van der Waals surface area contributed by atoms with E-state index >= 15 is 0 Å². The average molecular weight is 302 g/mol. The lowest BCUT2D eigenvalue weighted by atomic mass is 10.1. The van der Waals surface area contributed by atoms with E-state index in [1.54, 1.807) is 24.3 Å². The van der Waals surface area contributed by atoms with Crippen LogP contribution in [-0.4, -0.2) is 24.8 Å². The van der Waals surface area contributed by atoms with E-state index in [1.165, 1.54) is 0 Å². The zero-order valence-electron chi connectivity index (χ0n) is 10.2. The molecule has 0 saturated carbocycles. The van der Waals surface area contributed by atoms with Crippen molar-refractivity contribution in [2.75, 3.05) is 6.54 Å². The standard InChI is InChI=1S/C11H12ClN3O5/c12-7-4-2-1-3-6(7)8(19-9(13)16)5-15-11(18)20-10(14)17/h1-4,8H,5H2,(H2,13,16)(H2,14,17)(H,15,18)/t8-/m1/s1. The number of nitrogens with two attached hydrogens (primary N) is 2. The highest BCUT2D eigenvalue weighted by Crippen LogP contribution is 2.24. The number of amides is 3. The Balaban J connectivity index is 2.75. The predicted molar refractivity (Wildman–Crippen MR) is 68.9 cm³/mol. The van der Waals surface area contributed by atoms with Crippen LogP contribution in [0.15, 0.2) is 24.3 Å². The van der Waals surface area contributed by atoms with Crippen LogP contribution in [0.3, 0.4) is 0 Å². The molecule has 0 radical (unpaired) electrons. The number of ether oxygens (including phenoxy) is 2. The fourth-order valence-corrected chi connectivity index (χ4v) is 1.65. The first kappa shape index (κ1) is 15.6. The van der Waals surface area contributed by atoms with Crippen LogP contribution in [-0.2, 0) is 9.47 Å². The molecule has 1 aromatic carbocycles. The highest BCUT2D eigenvalue weighted by Gasteiger charge is 2.19. The second-order valence-electron chi connectivity index (χ2n) is 3.54. The van der Waals surface area contributed by atoms with Crippen molar-refractivity contribution < 1.29 is 23.9 Å². The van der Waals surface area contributed by atoms with Gasteiger partial charge in [0.2, 0.25) is 0 Å². The van der Waals surface area contributed by atoms with Crippen molar-refractivity contribution in [2.45, 2.75) is 6.10 Å². The molecule has 3 amide bonds. The number of carbonyl (C=O) groups excluding carboxylic acids is 3. The summed E-state index contributed by atoms with van der Waals surface area (Å²) in [6.45, 7) is -0.196. The molecule has 0 bridgehead atoms. The Kier molecular flexibility index (Phi) is 5.60. The molecular formula is C11H12ClN3O5. The van der Waals surface area contributed by atoms with E-state index in [0.717, 1.165) is 0 Å². The maximum absolute atomic E-state index is 11.1. The molecule has 1 aromatic rings. The summed E-state index contributed by atoms with van der Waals surface area (Å²) in [5.74, 6) is 0. The van der Waals surface area contributed by atoms with Crippen molar-refractivity contribution in [1.29, 1.82) is 0 Å². The second kappa shape index (κ2) is 7.19. The predicted octanol–water partition coefficient (Wildman–Crippen LogP) is 1.28. The molecule has 0 spiro atoms. The highest BCUT2D eigenvalue weighted by molar-refractivity contribution is 6.31.